The minimum Gasteiger partial charge on any atom is -0.444 e. The van der Waals surface area contributed by atoms with Crippen LogP contribution in [-0.2, 0) is 4.74 Å². The van der Waals surface area contributed by atoms with Gasteiger partial charge in [-0.1, -0.05) is 25.1 Å². The maximum Gasteiger partial charge on any atom is 0.407 e. The van der Waals surface area contributed by atoms with Gasteiger partial charge in [-0.2, -0.15) is 0 Å². The number of aromatic nitrogens is 1. The largest absolute Gasteiger partial charge is 0.444 e. The van der Waals surface area contributed by atoms with Crippen molar-refractivity contribution in [1.29, 1.82) is 0 Å². The number of para-hydroxylation sites is 1. The number of carbonyl (C=O) groups excluding carboxylic acids is 1. The number of amides is 1. The van der Waals surface area contributed by atoms with E-state index in [2.05, 4.69) is 10.3 Å². The second-order valence-electron chi connectivity index (χ2n) is 6.42. The highest BCUT2D eigenvalue weighted by molar-refractivity contribution is 5.80. The lowest BCUT2D eigenvalue weighted by atomic mass is 10.1. The zero-order chi connectivity index (χ0) is 16.3. The zero-order valence-corrected chi connectivity index (χ0v) is 13.5. The van der Waals surface area contributed by atoms with Gasteiger partial charge in [-0.25, -0.2) is 4.79 Å². The van der Waals surface area contributed by atoms with Crippen LogP contribution in [0.5, 0.6) is 0 Å². The molecule has 3 N–H and O–H groups in total. The molecule has 0 aliphatic heterocycles. The van der Waals surface area contributed by atoms with Crippen LogP contribution in [0.3, 0.4) is 0 Å². The molecule has 2 aromatic rings. The van der Waals surface area contributed by atoms with Gasteiger partial charge >= 0.3 is 6.09 Å². The Morgan fingerprint density at radius 2 is 2.05 bits per heavy atom. The molecule has 0 spiro atoms. The zero-order valence-electron chi connectivity index (χ0n) is 13.5. The fraction of sp³-hybridized carbons (Fsp3) is 0.471. The number of rotatable bonds is 4. The number of fused-ring (bicyclic) bond motifs is 1. The van der Waals surface area contributed by atoms with Crippen molar-refractivity contribution in [2.24, 2.45) is 0 Å². The van der Waals surface area contributed by atoms with Crippen LogP contribution in [0.1, 0.15) is 45.9 Å². The lowest BCUT2D eigenvalue weighted by Gasteiger charge is -2.25. The maximum atomic E-state index is 11.9. The van der Waals surface area contributed by atoms with Gasteiger partial charge in [-0.15, -0.1) is 0 Å². The van der Waals surface area contributed by atoms with E-state index in [0.29, 0.717) is 12.1 Å². The minimum absolute atomic E-state index is 0.414. The molecular weight excluding hydrogens is 280 g/mol. The molecule has 0 radical (unpaired) electrons. The first-order valence-electron chi connectivity index (χ1n) is 7.55. The van der Waals surface area contributed by atoms with E-state index in [1.165, 1.54) is 0 Å². The average molecular weight is 304 g/mol. The molecule has 0 saturated carbocycles. The van der Waals surface area contributed by atoms with Gasteiger partial charge < -0.3 is 20.1 Å². The van der Waals surface area contributed by atoms with E-state index in [1.54, 1.807) is 0 Å². The van der Waals surface area contributed by atoms with E-state index < -0.39 is 23.8 Å². The third kappa shape index (κ3) is 4.01. The van der Waals surface area contributed by atoms with Gasteiger partial charge in [0.2, 0.25) is 0 Å². The Morgan fingerprint density at radius 3 is 2.64 bits per heavy atom. The van der Waals surface area contributed by atoms with Crippen LogP contribution in [0.2, 0.25) is 0 Å². The fourth-order valence-corrected chi connectivity index (χ4v) is 2.34. The summed E-state index contributed by atoms with van der Waals surface area (Å²) in [5.41, 5.74) is 1.09. The molecule has 0 bridgehead atoms. The van der Waals surface area contributed by atoms with Crippen molar-refractivity contribution in [2.75, 3.05) is 0 Å². The molecule has 2 atom stereocenters. The number of ether oxygens (including phenoxy) is 1. The van der Waals surface area contributed by atoms with Crippen molar-refractivity contribution in [3.05, 3.63) is 36.0 Å². The van der Waals surface area contributed by atoms with Crippen molar-refractivity contribution < 1.29 is 14.6 Å². The molecule has 1 aromatic carbocycles. The smallest absolute Gasteiger partial charge is 0.407 e. The number of aliphatic hydroxyl groups is 1. The monoisotopic (exact) mass is 304 g/mol. The number of H-pyrrole nitrogens is 1. The predicted octanol–water partition coefficient (Wildman–Crippen LogP) is 3.50. The summed E-state index contributed by atoms with van der Waals surface area (Å²) in [6, 6.07) is 9.30. The standard InChI is InChI=1S/C17H24N2O3/c1-5-12(19-16(21)22-17(2,3)4)15(20)14-10-11-8-6-7-9-13(11)18-14/h6-10,12,15,18,20H,5H2,1-4H3,(H,19,21)/t12-,15?/m0/s1. The molecular formula is C17H24N2O3. The van der Waals surface area contributed by atoms with E-state index in [-0.39, 0.29) is 0 Å². The molecule has 0 aliphatic rings. The van der Waals surface area contributed by atoms with E-state index in [0.717, 1.165) is 10.9 Å². The Kier molecular flexibility index (Phi) is 4.76. The molecule has 1 aromatic heterocycles. The summed E-state index contributed by atoms with van der Waals surface area (Å²) in [5, 5.41) is 14.3. The molecule has 0 fully saturated rings. The van der Waals surface area contributed by atoms with E-state index in [4.69, 9.17) is 4.74 Å². The number of nitrogens with one attached hydrogen (secondary N) is 2. The van der Waals surface area contributed by atoms with Gasteiger partial charge in [0.25, 0.3) is 0 Å². The third-order valence-electron chi connectivity index (χ3n) is 3.39. The van der Waals surface area contributed by atoms with Gasteiger partial charge in [0, 0.05) is 11.2 Å². The molecule has 0 aliphatic carbocycles. The third-order valence-corrected chi connectivity index (χ3v) is 3.39. The van der Waals surface area contributed by atoms with Crippen molar-refractivity contribution in [1.82, 2.24) is 10.3 Å². The second-order valence-corrected chi connectivity index (χ2v) is 6.42. The highest BCUT2D eigenvalue weighted by atomic mass is 16.6. The second kappa shape index (κ2) is 6.40. The van der Waals surface area contributed by atoms with Gasteiger partial charge in [-0.05, 0) is 44.7 Å². The Hall–Kier alpha value is -2.01. The van der Waals surface area contributed by atoms with Crippen LogP contribution >= 0.6 is 0 Å². The maximum absolute atomic E-state index is 11.9. The van der Waals surface area contributed by atoms with Crippen molar-refractivity contribution in [3.63, 3.8) is 0 Å². The Bertz CT molecular complexity index is 610. The lowest BCUT2D eigenvalue weighted by Crippen LogP contribution is -2.42. The number of hydrogen-bond donors (Lipinski definition) is 3. The topological polar surface area (TPSA) is 74.3 Å². The molecule has 5 nitrogen and oxygen atoms in total. The Labute approximate surface area is 130 Å². The number of benzene rings is 1. The first kappa shape index (κ1) is 16.4. The molecule has 5 heteroatoms. The highest BCUT2D eigenvalue weighted by Gasteiger charge is 2.25. The SMILES string of the molecule is CC[C@H](NC(=O)OC(C)(C)C)C(O)c1cc2ccccc2[nH]1. The number of hydrogen-bond acceptors (Lipinski definition) is 3. The summed E-state index contributed by atoms with van der Waals surface area (Å²) >= 11 is 0. The van der Waals surface area contributed by atoms with Gasteiger partial charge in [-0.3, -0.25) is 0 Å². The molecule has 22 heavy (non-hydrogen) atoms. The highest BCUT2D eigenvalue weighted by Crippen LogP contribution is 2.23. The van der Waals surface area contributed by atoms with E-state index in [9.17, 15) is 9.90 Å². The van der Waals surface area contributed by atoms with Crippen LogP contribution in [0.15, 0.2) is 30.3 Å². The van der Waals surface area contributed by atoms with Gasteiger partial charge in [0.15, 0.2) is 0 Å². The fourth-order valence-electron chi connectivity index (χ4n) is 2.34. The van der Waals surface area contributed by atoms with Crippen LogP contribution in [0, 0.1) is 0 Å². The molecule has 120 valence electrons. The quantitative estimate of drug-likeness (QED) is 0.809. The van der Waals surface area contributed by atoms with Crippen LogP contribution in [0.25, 0.3) is 10.9 Å². The number of aromatic amines is 1. The van der Waals surface area contributed by atoms with Crippen molar-refractivity contribution >= 4 is 17.0 Å². The lowest BCUT2D eigenvalue weighted by molar-refractivity contribution is 0.0414. The van der Waals surface area contributed by atoms with Crippen molar-refractivity contribution in [2.45, 2.75) is 51.9 Å². The van der Waals surface area contributed by atoms with Crippen LogP contribution < -0.4 is 5.32 Å². The first-order valence-corrected chi connectivity index (χ1v) is 7.55. The molecule has 2 rings (SSSR count). The number of alkyl carbamates (subject to hydrolysis) is 1. The van der Waals surface area contributed by atoms with E-state index >= 15 is 0 Å². The molecule has 0 saturated heterocycles. The van der Waals surface area contributed by atoms with E-state index in [1.807, 2.05) is 58.0 Å². The van der Waals surface area contributed by atoms with Crippen molar-refractivity contribution in [3.8, 4) is 0 Å². The van der Waals surface area contributed by atoms with Crippen LogP contribution in [-0.4, -0.2) is 27.8 Å². The summed E-state index contributed by atoms with van der Waals surface area (Å²) < 4.78 is 5.24. The minimum atomic E-state index is -0.815. The summed E-state index contributed by atoms with van der Waals surface area (Å²) in [6.07, 6.45) is -0.741. The number of aliphatic hydroxyl groups excluding tert-OH is 1. The average Bonchev–Trinajstić information content (AvgIpc) is 2.86. The predicted molar refractivity (Wildman–Crippen MR) is 86.7 cm³/mol. The molecule has 1 unspecified atom stereocenters. The summed E-state index contributed by atoms with van der Waals surface area (Å²) in [7, 11) is 0. The number of carbonyl (C=O) groups is 1. The normalized spacial score (nSPS) is 14.6. The molecule has 1 amide bonds. The summed E-state index contributed by atoms with van der Waals surface area (Å²) in [4.78, 5) is 15.1. The Balaban J connectivity index is 2.11. The molecule has 1 heterocycles. The first-order chi connectivity index (χ1) is 10.3. The van der Waals surface area contributed by atoms with Gasteiger partial charge in [0.1, 0.15) is 11.7 Å². The van der Waals surface area contributed by atoms with Gasteiger partial charge in [0.05, 0.1) is 6.04 Å². The summed E-state index contributed by atoms with van der Waals surface area (Å²) in [5.74, 6) is 0. The van der Waals surface area contributed by atoms with Crippen LogP contribution in [0.4, 0.5) is 4.79 Å². The Morgan fingerprint density at radius 1 is 1.36 bits per heavy atom. The summed E-state index contributed by atoms with van der Waals surface area (Å²) in [6.45, 7) is 7.33.